The topological polar surface area (TPSA) is 66.5 Å². The molecule has 1 aromatic carbocycles. The van der Waals surface area contributed by atoms with E-state index in [1.807, 2.05) is 0 Å². The summed E-state index contributed by atoms with van der Waals surface area (Å²) < 4.78 is 26.9. The first-order chi connectivity index (χ1) is 12.5. The van der Waals surface area contributed by atoms with Crippen LogP contribution in [0.5, 0.6) is 0 Å². The molecular weight excluding hydrogens is 348 g/mol. The van der Waals surface area contributed by atoms with Crippen LogP contribution in [-0.2, 0) is 21.2 Å². The Bertz CT molecular complexity index is 709. The molecule has 1 saturated heterocycles. The minimum atomic E-state index is -3.40. The Labute approximate surface area is 157 Å². The Morgan fingerprint density at radius 1 is 1.04 bits per heavy atom. The zero-order valence-corrected chi connectivity index (χ0v) is 16.4. The summed E-state index contributed by atoms with van der Waals surface area (Å²) in [5.74, 6) is 0.556. The summed E-state index contributed by atoms with van der Waals surface area (Å²) in [6.45, 7) is 3.41. The molecule has 1 heterocycles. The van der Waals surface area contributed by atoms with E-state index in [0.717, 1.165) is 31.2 Å². The largest absolute Gasteiger partial charge is 0.353 e. The number of benzene rings is 1. The lowest BCUT2D eigenvalue weighted by Gasteiger charge is -2.29. The van der Waals surface area contributed by atoms with Gasteiger partial charge in [-0.25, -0.2) is 8.42 Å². The lowest BCUT2D eigenvalue weighted by atomic mass is 9.86. The third kappa shape index (κ3) is 4.65. The van der Waals surface area contributed by atoms with Crippen LogP contribution in [0, 0.1) is 5.92 Å². The van der Waals surface area contributed by atoms with E-state index in [0.29, 0.717) is 30.3 Å². The van der Waals surface area contributed by atoms with E-state index in [1.54, 1.807) is 28.6 Å². The number of hydrogen-bond acceptors (Lipinski definition) is 3. The molecule has 1 N–H and O–H groups in total. The van der Waals surface area contributed by atoms with Crippen LogP contribution >= 0.6 is 0 Å². The molecule has 2 aliphatic rings. The lowest BCUT2D eigenvalue weighted by molar-refractivity contribution is -0.121. The normalized spacial score (nSPS) is 25.0. The van der Waals surface area contributed by atoms with Crippen molar-refractivity contribution in [2.45, 2.75) is 69.2 Å². The number of amides is 1. The first-order valence-electron chi connectivity index (χ1n) is 9.85. The van der Waals surface area contributed by atoms with Gasteiger partial charge in [0.25, 0.3) is 0 Å². The molecule has 0 bridgehead atoms. The smallest absolute Gasteiger partial charge is 0.243 e. The van der Waals surface area contributed by atoms with E-state index < -0.39 is 10.0 Å². The van der Waals surface area contributed by atoms with Crippen LogP contribution < -0.4 is 5.32 Å². The summed E-state index contributed by atoms with van der Waals surface area (Å²) in [4.78, 5) is 12.6. The minimum absolute atomic E-state index is 0.0235. The van der Waals surface area contributed by atoms with Crippen molar-refractivity contribution in [3.8, 4) is 0 Å². The summed E-state index contributed by atoms with van der Waals surface area (Å²) in [5, 5.41) is 3.15. The Balaban J connectivity index is 1.59. The number of piperidine rings is 1. The fraction of sp³-hybridized carbons (Fsp3) is 0.650. The van der Waals surface area contributed by atoms with Crippen molar-refractivity contribution in [1.82, 2.24) is 9.62 Å². The standard InChI is InChI=1S/C20H30N2O3S/c1-16-7-3-4-8-19(16)21-20(23)15-17-9-11-18(12-10-17)26(24,25)22-13-5-2-6-14-22/h9-12,16,19H,2-8,13-15H2,1H3,(H,21,23)/t16-,19+/m0/s1. The molecule has 0 radical (unpaired) electrons. The van der Waals surface area contributed by atoms with Gasteiger partial charge in [0.1, 0.15) is 0 Å². The highest BCUT2D eigenvalue weighted by Crippen LogP contribution is 2.24. The lowest BCUT2D eigenvalue weighted by Crippen LogP contribution is -2.41. The monoisotopic (exact) mass is 378 g/mol. The maximum atomic E-state index is 12.7. The molecule has 0 unspecified atom stereocenters. The molecule has 6 heteroatoms. The number of nitrogens with zero attached hydrogens (tertiary/aromatic N) is 1. The zero-order valence-electron chi connectivity index (χ0n) is 15.6. The highest BCUT2D eigenvalue weighted by Gasteiger charge is 2.26. The van der Waals surface area contributed by atoms with E-state index >= 15 is 0 Å². The molecule has 3 rings (SSSR count). The molecule has 144 valence electrons. The molecule has 0 aromatic heterocycles. The van der Waals surface area contributed by atoms with Gasteiger partial charge in [0.2, 0.25) is 15.9 Å². The highest BCUT2D eigenvalue weighted by molar-refractivity contribution is 7.89. The molecule has 1 saturated carbocycles. The second-order valence-electron chi connectivity index (χ2n) is 7.72. The van der Waals surface area contributed by atoms with Gasteiger partial charge in [0.15, 0.2) is 0 Å². The van der Waals surface area contributed by atoms with Crippen LogP contribution in [-0.4, -0.2) is 37.8 Å². The van der Waals surface area contributed by atoms with E-state index in [-0.39, 0.29) is 11.9 Å². The fourth-order valence-corrected chi connectivity index (χ4v) is 5.52. The molecule has 2 atom stereocenters. The molecule has 1 aromatic rings. The first-order valence-corrected chi connectivity index (χ1v) is 11.3. The van der Waals surface area contributed by atoms with Crippen molar-refractivity contribution in [3.63, 3.8) is 0 Å². The average Bonchev–Trinajstić information content (AvgIpc) is 2.65. The van der Waals surface area contributed by atoms with Gasteiger partial charge in [-0.15, -0.1) is 0 Å². The van der Waals surface area contributed by atoms with Crippen molar-refractivity contribution in [2.75, 3.05) is 13.1 Å². The van der Waals surface area contributed by atoms with Crippen molar-refractivity contribution in [2.24, 2.45) is 5.92 Å². The van der Waals surface area contributed by atoms with E-state index in [2.05, 4.69) is 12.2 Å². The Kier molecular flexibility index (Phi) is 6.35. The van der Waals surface area contributed by atoms with Crippen LogP contribution in [0.1, 0.15) is 57.4 Å². The first kappa shape index (κ1) is 19.4. The maximum Gasteiger partial charge on any atom is 0.243 e. The van der Waals surface area contributed by atoms with Crippen LogP contribution in [0.15, 0.2) is 29.2 Å². The molecule has 5 nitrogen and oxygen atoms in total. The van der Waals surface area contributed by atoms with Crippen molar-refractivity contribution in [1.29, 1.82) is 0 Å². The van der Waals surface area contributed by atoms with Crippen molar-refractivity contribution >= 4 is 15.9 Å². The summed E-state index contributed by atoms with van der Waals surface area (Å²) >= 11 is 0. The van der Waals surface area contributed by atoms with Crippen LogP contribution in [0.4, 0.5) is 0 Å². The van der Waals surface area contributed by atoms with Gasteiger partial charge in [0, 0.05) is 19.1 Å². The van der Waals surface area contributed by atoms with Gasteiger partial charge in [-0.2, -0.15) is 4.31 Å². The summed E-state index contributed by atoms with van der Waals surface area (Å²) in [5.41, 5.74) is 0.851. The maximum absolute atomic E-state index is 12.7. The molecule has 1 aliphatic carbocycles. The SMILES string of the molecule is C[C@H]1CCCC[C@H]1NC(=O)Cc1ccc(S(=O)(=O)N2CCCCC2)cc1. The van der Waals surface area contributed by atoms with Crippen LogP contribution in [0.25, 0.3) is 0 Å². The predicted octanol–water partition coefficient (Wildman–Crippen LogP) is 3.10. The zero-order chi connectivity index (χ0) is 18.6. The molecule has 1 amide bonds. The number of carbonyl (C=O) groups is 1. The van der Waals surface area contributed by atoms with E-state index in [9.17, 15) is 13.2 Å². The van der Waals surface area contributed by atoms with Crippen LogP contribution in [0.2, 0.25) is 0 Å². The Morgan fingerprint density at radius 2 is 1.69 bits per heavy atom. The molecule has 1 aliphatic heterocycles. The fourth-order valence-electron chi connectivity index (χ4n) is 4.01. The Morgan fingerprint density at radius 3 is 2.35 bits per heavy atom. The van der Waals surface area contributed by atoms with Crippen LogP contribution in [0.3, 0.4) is 0 Å². The number of carbonyl (C=O) groups excluding carboxylic acids is 1. The summed E-state index contributed by atoms with van der Waals surface area (Å²) in [6.07, 6.45) is 7.91. The van der Waals surface area contributed by atoms with E-state index in [1.165, 1.54) is 19.3 Å². The third-order valence-electron chi connectivity index (χ3n) is 5.70. The van der Waals surface area contributed by atoms with Gasteiger partial charge in [-0.3, -0.25) is 4.79 Å². The van der Waals surface area contributed by atoms with Crippen molar-refractivity contribution < 1.29 is 13.2 Å². The van der Waals surface area contributed by atoms with Gasteiger partial charge >= 0.3 is 0 Å². The number of nitrogens with one attached hydrogen (secondary N) is 1. The summed E-state index contributed by atoms with van der Waals surface area (Å²) in [6, 6.07) is 7.07. The van der Waals surface area contributed by atoms with Gasteiger partial charge in [-0.05, 0) is 49.3 Å². The second-order valence-corrected chi connectivity index (χ2v) is 9.66. The average molecular weight is 379 g/mol. The van der Waals surface area contributed by atoms with Crippen molar-refractivity contribution in [3.05, 3.63) is 29.8 Å². The second kappa shape index (κ2) is 8.53. The third-order valence-corrected chi connectivity index (χ3v) is 7.61. The Hall–Kier alpha value is -1.40. The molecule has 0 spiro atoms. The molecule has 26 heavy (non-hydrogen) atoms. The summed E-state index contributed by atoms with van der Waals surface area (Å²) in [7, 11) is -3.40. The van der Waals surface area contributed by atoms with Gasteiger partial charge in [0.05, 0.1) is 11.3 Å². The molecular formula is C20H30N2O3S. The quantitative estimate of drug-likeness (QED) is 0.856. The number of rotatable bonds is 5. The highest BCUT2D eigenvalue weighted by atomic mass is 32.2. The van der Waals surface area contributed by atoms with Gasteiger partial charge in [-0.1, -0.05) is 38.3 Å². The minimum Gasteiger partial charge on any atom is -0.353 e. The number of hydrogen-bond donors (Lipinski definition) is 1. The predicted molar refractivity (Wildman–Crippen MR) is 102 cm³/mol. The molecule has 2 fully saturated rings. The van der Waals surface area contributed by atoms with E-state index in [4.69, 9.17) is 0 Å². The number of sulfonamides is 1. The van der Waals surface area contributed by atoms with Gasteiger partial charge < -0.3 is 5.32 Å².